The van der Waals surface area contributed by atoms with E-state index in [0.717, 1.165) is 16.9 Å². The van der Waals surface area contributed by atoms with E-state index in [1.54, 1.807) is 0 Å². The third-order valence-corrected chi connectivity index (χ3v) is 11.0. The SMILES string of the molecule is C[Si+](CC1CN(CC2CN(c3ccc(Br)cc3)C2)CCC1CO)C(C)(C)C. The van der Waals surface area contributed by atoms with Gasteiger partial charge in [0.2, 0.25) is 0 Å². The number of halogens is 1. The van der Waals surface area contributed by atoms with Crippen LogP contribution in [0.4, 0.5) is 5.69 Å². The van der Waals surface area contributed by atoms with Gasteiger partial charge in [0.05, 0.1) is 17.6 Å². The molecule has 0 bridgehead atoms. The third-order valence-electron chi connectivity index (χ3n) is 6.72. The smallest absolute Gasteiger partial charge is 0.317 e. The number of hydrogen-bond acceptors (Lipinski definition) is 3. The van der Waals surface area contributed by atoms with Gasteiger partial charge in [0.25, 0.3) is 0 Å². The number of anilines is 1. The lowest BCUT2D eigenvalue weighted by Gasteiger charge is -2.45. The second-order valence-electron chi connectivity index (χ2n) is 9.73. The van der Waals surface area contributed by atoms with Crippen LogP contribution in [-0.2, 0) is 0 Å². The number of benzene rings is 1. The number of rotatable bonds is 6. The van der Waals surface area contributed by atoms with E-state index in [2.05, 4.69) is 77.3 Å². The molecule has 0 radical (unpaired) electrons. The third kappa shape index (κ3) is 5.59. The zero-order chi connectivity index (χ0) is 19.6. The van der Waals surface area contributed by atoms with Crippen LogP contribution in [0, 0.1) is 17.8 Å². The number of likely N-dealkylation sites (tertiary alicyclic amines) is 1. The van der Waals surface area contributed by atoms with Gasteiger partial charge in [0.15, 0.2) is 0 Å². The fourth-order valence-electron chi connectivity index (χ4n) is 4.41. The molecular weight excluding hydrogens is 416 g/mol. The molecule has 2 aliphatic rings. The summed E-state index contributed by atoms with van der Waals surface area (Å²) in [4.78, 5) is 5.18. The predicted molar refractivity (Wildman–Crippen MR) is 121 cm³/mol. The summed E-state index contributed by atoms with van der Waals surface area (Å²) in [5, 5.41) is 10.3. The summed E-state index contributed by atoms with van der Waals surface area (Å²) in [7, 11) is -0.387. The van der Waals surface area contributed by atoms with Crippen LogP contribution in [0.25, 0.3) is 0 Å². The molecular formula is C22H36BrN2OSi+. The van der Waals surface area contributed by atoms with Crippen molar-refractivity contribution < 1.29 is 5.11 Å². The first-order valence-electron chi connectivity index (χ1n) is 10.4. The van der Waals surface area contributed by atoms with Crippen LogP contribution in [0.15, 0.2) is 28.7 Å². The quantitative estimate of drug-likeness (QED) is 0.632. The molecule has 3 nitrogen and oxygen atoms in total. The minimum atomic E-state index is -0.387. The Balaban J connectivity index is 1.49. The van der Waals surface area contributed by atoms with Crippen molar-refractivity contribution in [3.8, 4) is 0 Å². The number of aliphatic hydroxyl groups excluding tert-OH is 1. The maximum absolute atomic E-state index is 9.87. The lowest BCUT2D eigenvalue weighted by molar-refractivity contribution is 0.0711. The Morgan fingerprint density at radius 3 is 2.37 bits per heavy atom. The molecule has 0 amide bonds. The molecule has 5 heteroatoms. The van der Waals surface area contributed by atoms with Gasteiger partial charge in [-0.25, -0.2) is 0 Å². The molecule has 2 aliphatic heterocycles. The Morgan fingerprint density at radius 1 is 1.11 bits per heavy atom. The Bertz CT molecular complexity index is 597. The lowest BCUT2D eigenvalue weighted by Crippen LogP contribution is -2.54. The van der Waals surface area contributed by atoms with Gasteiger partial charge >= 0.3 is 8.80 Å². The normalized spacial score (nSPS) is 24.7. The molecule has 1 aromatic rings. The van der Waals surface area contributed by atoms with Gasteiger partial charge in [-0.1, -0.05) is 15.9 Å². The van der Waals surface area contributed by atoms with Crippen molar-refractivity contribution in [3.05, 3.63) is 28.7 Å². The van der Waals surface area contributed by atoms with Crippen molar-refractivity contribution in [2.45, 2.75) is 44.8 Å². The molecule has 2 unspecified atom stereocenters. The van der Waals surface area contributed by atoms with E-state index in [9.17, 15) is 5.11 Å². The van der Waals surface area contributed by atoms with Crippen LogP contribution in [0.1, 0.15) is 27.2 Å². The van der Waals surface area contributed by atoms with Crippen LogP contribution in [0.2, 0.25) is 17.6 Å². The van der Waals surface area contributed by atoms with E-state index < -0.39 is 0 Å². The van der Waals surface area contributed by atoms with E-state index in [4.69, 9.17) is 0 Å². The second-order valence-corrected chi connectivity index (χ2v) is 14.1. The average molecular weight is 453 g/mol. The summed E-state index contributed by atoms with van der Waals surface area (Å²) in [6.07, 6.45) is 1.17. The molecule has 0 aromatic heterocycles. The molecule has 2 atom stereocenters. The maximum atomic E-state index is 9.87. The molecule has 0 spiro atoms. The number of aliphatic hydroxyl groups is 1. The minimum Gasteiger partial charge on any atom is -0.396 e. The maximum Gasteiger partial charge on any atom is 0.317 e. The second kappa shape index (κ2) is 8.98. The summed E-state index contributed by atoms with van der Waals surface area (Å²) in [5.41, 5.74) is 1.34. The lowest BCUT2D eigenvalue weighted by atomic mass is 9.86. The van der Waals surface area contributed by atoms with Gasteiger partial charge in [0, 0.05) is 54.8 Å². The van der Waals surface area contributed by atoms with Gasteiger partial charge in [-0.2, -0.15) is 0 Å². The van der Waals surface area contributed by atoms with Crippen molar-refractivity contribution in [1.82, 2.24) is 4.90 Å². The monoisotopic (exact) mass is 451 g/mol. The Labute approximate surface area is 175 Å². The Hall–Kier alpha value is -0.363. The highest BCUT2D eigenvalue weighted by Crippen LogP contribution is 2.36. The van der Waals surface area contributed by atoms with Gasteiger partial charge in [-0.3, -0.25) is 0 Å². The van der Waals surface area contributed by atoms with E-state index in [-0.39, 0.29) is 8.80 Å². The summed E-state index contributed by atoms with van der Waals surface area (Å²) < 4.78 is 1.15. The van der Waals surface area contributed by atoms with Crippen molar-refractivity contribution in [3.63, 3.8) is 0 Å². The fraction of sp³-hybridized carbons (Fsp3) is 0.727. The number of piperidine rings is 1. The zero-order valence-corrected chi connectivity index (χ0v) is 20.0. The van der Waals surface area contributed by atoms with Crippen LogP contribution in [0.5, 0.6) is 0 Å². The van der Waals surface area contributed by atoms with Crippen molar-refractivity contribution >= 4 is 30.4 Å². The van der Waals surface area contributed by atoms with Crippen LogP contribution in [0.3, 0.4) is 0 Å². The first kappa shape index (κ1) is 21.3. The average Bonchev–Trinajstić information content (AvgIpc) is 2.58. The largest absolute Gasteiger partial charge is 0.396 e. The van der Waals surface area contributed by atoms with Crippen LogP contribution < -0.4 is 4.90 Å². The highest BCUT2D eigenvalue weighted by atomic mass is 79.9. The topological polar surface area (TPSA) is 26.7 Å². The van der Waals surface area contributed by atoms with E-state index in [0.29, 0.717) is 23.5 Å². The Kier molecular flexibility index (Phi) is 7.10. The van der Waals surface area contributed by atoms with Gasteiger partial charge in [-0.15, -0.1) is 0 Å². The molecule has 1 N–H and O–H groups in total. The van der Waals surface area contributed by atoms with Crippen molar-refractivity contribution in [2.24, 2.45) is 17.8 Å². The number of nitrogens with zero attached hydrogens (tertiary/aromatic N) is 2. The van der Waals surface area contributed by atoms with Gasteiger partial charge < -0.3 is 14.9 Å². The van der Waals surface area contributed by atoms with Crippen LogP contribution in [-0.4, -0.2) is 58.1 Å². The standard InChI is InChI=1S/C22H36BrN2OSi/c1-22(2,3)27(4)16-19-14-24(10-9-18(19)15-26)11-17-12-25(13-17)21-7-5-20(23)6-8-21/h5-8,17-19,26H,9-16H2,1-4H3/q+1. The predicted octanol–water partition coefficient (Wildman–Crippen LogP) is 4.74. The van der Waals surface area contributed by atoms with Crippen LogP contribution >= 0.6 is 15.9 Å². The summed E-state index contributed by atoms with van der Waals surface area (Å²) >= 11 is 3.52. The minimum absolute atomic E-state index is 0.374. The first-order chi connectivity index (χ1) is 12.8. The Morgan fingerprint density at radius 2 is 1.78 bits per heavy atom. The van der Waals surface area contributed by atoms with Crippen molar-refractivity contribution in [2.75, 3.05) is 44.2 Å². The molecule has 27 heavy (non-hydrogen) atoms. The highest BCUT2D eigenvalue weighted by molar-refractivity contribution is 9.10. The molecule has 2 fully saturated rings. The molecule has 0 saturated carbocycles. The molecule has 2 heterocycles. The van der Waals surface area contributed by atoms with Crippen molar-refractivity contribution in [1.29, 1.82) is 0 Å². The number of hydrogen-bond donors (Lipinski definition) is 1. The highest BCUT2D eigenvalue weighted by Gasteiger charge is 2.42. The fourth-order valence-corrected chi connectivity index (χ4v) is 6.53. The van der Waals surface area contributed by atoms with E-state index in [1.165, 1.54) is 44.3 Å². The van der Waals surface area contributed by atoms with E-state index >= 15 is 0 Å². The summed E-state index contributed by atoms with van der Waals surface area (Å²) in [6.45, 7) is 16.0. The summed E-state index contributed by atoms with van der Waals surface area (Å²) in [6, 6.07) is 10.0. The molecule has 150 valence electrons. The van der Waals surface area contributed by atoms with E-state index in [1.807, 2.05) is 0 Å². The molecule has 0 aliphatic carbocycles. The van der Waals surface area contributed by atoms with Gasteiger partial charge in [-0.05, 0) is 63.9 Å². The molecule has 2 saturated heterocycles. The molecule has 3 rings (SSSR count). The molecule has 1 aromatic carbocycles. The van der Waals surface area contributed by atoms with Gasteiger partial charge in [0.1, 0.15) is 0 Å². The first-order valence-corrected chi connectivity index (χ1v) is 13.4. The summed E-state index contributed by atoms with van der Waals surface area (Å²) in [5.74, 6) is 1.99. The zero-order valence-electron chi connectivity index (χ0n) is 17.4.